The largest absolute Gasteiger partial charge is 0.481 e. The van der Waals surface area contributed by atoms with Crippen molar-refractivity contribution in [1.29, 1.82) is 0 Å². The van der Waals surface area contributed by atoms with Crippen LogP contribution in [0.2, 0.25) is 0 Å². The maximum atomic E-state index is 12.4. The molecule has 0 spiro atoms. The summed E-state index contributed by atoms with van der Waals surface area (Å²) in [4.78, 5) is 0.565. The Hall–Kier alpha value is -0.840. The number of hydrogen-bond acceptors (Lipinski definition) is 2. The molecule has 13 heavy (non-hydrogen) atoms. The standard InChI is InChI=1S/C8H5F3OS/c9-8(10,11)5-2-1-3-6-7(5)12-4-13-6/h1-3H,4H2. The summed E-state index contributed by atoms with van der Waals surface area (Å²) in [6.07, 6.45) is -4.32. The van der Waals surface area contributed by atoms with E-state index in [0.717, 1.165) is 6.07 Å². The van der Waals surface area contributed by atoms with Crippen LogP contribution in [0, 0.1) is 0 Å². The minimum Gasteiger partial charge on any atom is -0.481 e. The predicted molar refractivity (Wildman–Crippen MR) is 42.8 cm³/mol. The first-order valence-electron chi connectivity index (χ1n) is 3.55. The van der Waals surface area contributed by atoms with Crippen molar-refractivity contribution in [1.82, 2.24) is 0 Å². The van der Waals surface area contributed by atoms with Gasteiger partial charge in [0.15, 0.2) is 0 Å². The molecule has 0 amide bonds. The van der Waals surface area contributed by atoms with Crippen LogP contribution in [0.5, 0.6) is 5.75 Å². The van der Waals surface area contributed by atoms with Gasteiger partial charge < -0.3 is 4.74 Å². The van der Waals surface area contributed by atoms with Gasteiger partial charge in [-0.2, -0.15) is 13.2 Å². The van der Waals surface area contributed by atoms with E-state index in [0.29, 0.717) is 4.90 Å². The van der Waals surface area contributed by atoms with Crippen LogP contribution < -0.4 is 4.74 Å². The molecule has 0 N–H and O–H groups in total. The molecule has 0 unspecified atom stereocenters. The number of hydrogen-bond donors (Lipinski definition) is 0. The Morgan fingerprint density at radius 2 is 2.08 bits per heavy atom. The van der Waals surface area contributed by atoms with Gasteiger partial charge in [0.1, 0.15) is 11.7 Å². The molecule has 1 aliphatic rings. The third kappa shape index (κ3) is 1.48. The summed E-state index contributed by atoms with van der Waals surface area (Å²) in [5.74, 6) is 0.239. The van der Waals surface area contributed by atoms with Gasteiger partial charge in [0.2, 0.25) is 0 Å². The molecule has 0 saturated carbocycles. The Labute approximate surface area is 76.9 Å². The van der Waals surface area contributed by atoms with Crippen molar-refractivity contribution in [3.05, 3.63) is 23.8 Å². The van der Waals surface area contributed by atoms with Crippen LogP contribution in [0.15, 0.2) is 23.1 Å². The molecule has 1 heterocycles. The number of halogens is 3. The van der Waals surface area contributed by atoms with Crippen molar-refractivity contribution in [3.63, 3.8) is 0 Å². The highest BCUT2D eigenvalue weighted by molar-refractivity contribution is 7.99. The van der Waals surface area contributed by atoms with Crippen LogP contribution in [-0.2, 0) is 6.18 Å². The molecule has 70 valence electrons. The first-order valence-corrected chi connectivity index (χ1v) is 4.53. The van der Waals surface area contributed by atoms with Gasteiger partial charge >= 0.3 is 6.18 Å². The second-order valence-electron chi connectivity index (χ2n) is 2.54. The Bertz CT molecular complexity index is 335. The Kier molecular flexibility index (Phi) is 1.91. The normalized spacial score (nSPS) is 15.3. The van der Waals surface area contributed by atoms with Crippen LogP contribution in [-0.4, -0.2) is 5.94 Å². The summed E-state index contributed by atoms with van der Waals surface area (Å²) in [7, 11) is 0. The van der Waals surface area contributed by atoms with Gasteiger partial charge in [-0.1, -0.05) is 17.8 Å². The summed E-state index contributed by atoms with van der Waals surface area (Å²) >= 11 is 1.28. The summed E-state index contributed by atoms with van der Waals surface area (Å²) in [5.41, 5.74) is -0.685. The fourth-order valence-electron chi connectivity index (χ4n) is 1.15. The zero-order chi connectivity index (χ0) is 9.47. The quantitative estimate of drug-likeness (QED) is 0.644. The molecule has 0 atom stereocenters. The van der Waals surface area contributed by atoms with Crippen LogP contribution >= 0.6 is 11.8 Å². The smallest absolute Gasteiger partial charge is 0.420 e. The van der Waals surface area contributed by atoms with Gasteiger partial charge in [0, 0.05) is 0 Å². The van der Waals surface area contributed by atoms with E-state index in [2.05, 4.69) is 0 Å². The van der Waals surface area contributed by atoms with Gasteiger partial charge in [-0.25, -0.2) is 0 Å². The van der Waals surface area contributed by atoms with Gasteiger partial charge in [-0.15, -0.1) is 0 Å². The van der Waals surface area contributed by atoms with Gasteiger partial charge in [-0.05, 0) is 12.1 Å². The summed E-state index contributed by atoms with van der Waals surface area (Å²) in [5, 5.41) is 0. The monoisotopic (exact) mass is 206 g/mol. The molecule has 0 bridgehead atoms. The Morgan fingerprint density at radius 3 is 2.77 bits per heavy atom. The SMILES string of the molecule is FC(F)(F)c1cccc2c1OCS2. The van der Waals surface area contributed by atoms with E-state index in [4.69, 9.17) is 4.74 Å². The predicted octanol–water partition coefficient (Wildman–Crippen LogP) is 3.15. The van der Waals surface area contributed by atoms with Crippen LogP contribution in [0.25, 0.3) is 0 Å². The molecule has 0 aliphatic carbocycles. The zero-order valence-electron chi connectivity index (χ0n) is 6.39. The molecule has 0 fully saturated rings. The molecule has 1 nitrogen and oxygen atoms in total. The Balaban J connectivity index is 2.54. The highest BCUT2D eigenvalue weighted by Gasteiger charge is 2.36. The van der Waals surface area contributed by atoms with Crippen molar-refractivity contribution in [2.45, 2.75) is 11.1 Å². The molecule has 0 aromatic heterocycles. The minimum atomic E-state index is -4.32. The second-order valence-corrected chi connectivity index (χ2v) is 3.50. The van der Waals surface area contributed by atoms with Gasteiger partial charge in [-0.3, -0.25) is 0 Å². The lowest BCUT2D eigenvalue weighted by molar-refractivity contribution is -0.138. The number of fused-ring (bicyclic) bond motifs is 1. The van der Waals surface area contributed by atoms with E-state index >= 15 is 0 Å². The molecule has 1 aliphatic heterocycles. The van der Waals surface area contributed by atoms with Gasteiger partial charge in [0.05, 0.1) is 10.5 Å². The van der Waals surface area contributed by atoms with Crippen LogP contribution in [0.4, 0.5) is 13.2 Å². The van der Waals surface area contributed by atoms with Crippen molar-refractivity contribution in [2.75, 3.05) is 5.94 Å². The lowest BCUT2D eigenvalue weighted by Crippen LogP contribution is -2.06. The summed E-state index contributed by atoms with van der Waals surface area (Å²) in [6.45, 7) is 0. The lowest BCUT2D eigenvalue weighted by atomic mass is 10.2. The molecule has 0 radical (unpaired) electrons. The molecule has 1 aromatic rings. The molecule has 0 saturated heterocycles. The number of alkyl halides is 3. The van der Waals surface area contributed by atoms with Crippen molar-refractivity contribution >= 4 is 11.8 Å². The maximum Gasteiger partial charge on any atom is 0.420 e. The Morgan fingerprint density at radius 1 is 1.31 bits per heavy atom. The number of thioether (sulfide) groups is 1. The highest BCUT2D eigenvalue weighted by atomic mass is 32.2. The number of ether oxygens (including phenoxy) is 1. The molecule has 2 rings (SSSR count). The van der Waals surface area contributed by atoms with E-state index < -0.39 is 11.7 Å². The average molecular weight is 206 g/mol. The molecular formula is C8H5F3OS. The maximum absolute atomic E-state index is 12.4. The first-order chi connectivity index (χ1) is 6.09. The number of para-hydroxylation sites is 1. The van der Waals surface area contributed by atoms with E-state index in [1.54, 1.807) is 6.07 Å². The van der Waals surface area contributed by atoms with Crippen molar-refractivity contribution in [3.8, 4) is 5.75 Å². The second kappa shape index (κ2) is 2.83. The average Bonchev–Trinajstić information content (AvgIpc) is 2.48. The van der Waals surface area contributed by atoms with Crippen molar-refractivity contribution in [2.24, 2.45) is 0 Å². The van der Waals surface area contributed by atoms with E-state index in [-0.39, 0.29) is 11.7 Å². The van der Waals surface area contributed by atoms with E-state index in [1.807, 2.05) is 0 Å². The third-order valence-electron chi connectivity index (χ3n) is 1.70. The van der Waals surface area contributed by atoms with E-state index in [1.165, 1.54) is 17.8 Å². The topological polar surface area (TPSA) is 9.23 Å². The number of rotatable bonds is 0. The fraction of sp³-hybridized carbons (Fsp3) is 0.250. The molecule has 1 aromatic carbocycles. The van der Waals surface area contributed by atoms with Crippen molar-refractivity contribution < 1.29 is 17.9 Å². The fourth-order valence-corrected chi connectivity index (χ4v) is 1.93. The summed E-state index contributed by atoms with van der Waals surface area (Å²) in [6, 6.07) is 4.05. The highest BCUT2D eigenvalue weighted by Crippen LogP contribution is 2.45. The lowest BCUT2D eigenvalue weighted by Gasteiger charge is -2.09. The first kappa shape index (κ1) is 8.74. The van der Waals surface area contributed by atoms with Crippen LogP contribution in [0.3, 0.4) is 0 Å². The van der Waals surface area contributed by atoms with E-state index in [9.17, 15) is 13.2 Å². The minimum absolute atomic E-state index is 0.0278. The molecule has 5 heteroatoms. The summed E-state index contributed by atoms with van der Waals surface area (Å²) < 4.78 is 42.0. The van der Waals surface area contributed by atoms with Crippen LogP contribution in [0.1, 0.15) is 5.56 Å². The van der Waals surface area contributed by atoms with Gasteiger partial charge in [0.25, 0.3) is 0 Å². The third-order valence-corrected chi connectivity index (χ3v) is 2.57. The molecular weight excluding hydrogens is 201 g/mol. The number of benzene rings is 1. The zero-order valence-corrected chi connectivity index (χ0v) is 7.21.